The van der Waals surface area contributed by atoms with Gasteiger partial charge >= 0.3 is 0 Å². The van der Waals surface area contributed by atoms with Crippen LogP contribution in [0, 0.1) is 15.5 Å². The Morgan fingerprint density at radius 1 is 1.44 bits per heavy atom. The maximum absolute atomic E-state index is 11.4. The fourth-order valence-electron chi connectivity index (χ4n) is 1.81. The molecule has 0 N–H and O–H groups in total. The van der Waals surface area contributed by atoms with Crippen molar-refractivity contribution in [2.75, 3.05) is 0 Å². The molecule has 6 heteroatoms. The highest BCUT2D eigenvalue weighted by atomic mass is 79.9. The number of benzene rings is 1. The van der Waals surface area contributed by atoms with Crippen LogP contribution in [0.3, 0.4) is 0 Å². The van der Waals surface area contributed by atoms with Gasteiger partial charge in [-0.25, -0.2) is 0 Å². The van der Waals surface area contributed by atoms with Crippen LogP contribution in [0.2, 0.25) is 0 Å². The van der Waals surface area contributed by atoms with Gasteiger partial charge in [-0.1, -0.05) is 15.9 Å². The molecule has 96 valence electrons. The van der Waals surface area contributed by atoms with Crippen LogP contribution < -0.4 is 4.74 Å². The van der Waals surface area contributed by atoms with Crippen molar-refractivity contribution in [2.45, 2.75) is 26.4 Å². The highest BCUT2D eigenvalue weighted by molar-refractivity contribution is 9.10. The average Bonchev–Trinajstić information content (AvgIpc) is 2.28. The van der Waals surface area contributed by atoms with Gasteiger partial charge < -0.3 is 4.74 Å². The van der Waals surface area contributed by atoms with Crippen LogP contribution in [0.15, 0.2) is 22.7 Å². The quantitative estimate of drug-likeness (QED) is 0.635. The predicted molar refractivity (Wildman–Crippen MR) is 68.6 cm³/mol. The first-order chi connectivity index (χ1) is 8.30. The molecule has 0 aliphatic heterocycles. The van der Waals surface area contributed by atoms with E-state index < -0.39 is 10.3 Å². The van der Waals surface area contributed by atoms with E-state index in [1.54, 1.807) is 6.07 Å². The Balaban J connectivity index is 2.20. The Morgan fingerprint density at radius 3 is 2.61 bits per heavy atom. The number of nitro groups is 1. The second kappa shape index (κ2) is 4.35. The van der Waals surface area contributed by atoms with Gasteiger partial charge in [-0.15, -0.1) is 0 Å². The number of nitro benzene ring substituents is 1. The first-order valence-corrected chi connectivity index (χ1v) is 6.25. The second-order valence-electron chi connectivity index (χ2n) is 4.86. The van der Waals surface area contributed by atoms with E-state index in [1.165, 1.54) is 12.1 Å². The fraction of sp³-hybridized carbons (Fsp3) is 0.417. The molecular formula is C12H12BrNO4. The summed E-state index contributed by atoms with van der Waals surface area (Å²) in [4.78, 5) is 21.6. The lowest BCUT2D eigenvalue weighted by Crippen LogP contribution is -2.52. The van der Waals surface area contributed by atoms with Gasteiger partial charge in [-0.05, 0) is 19.9 Å². The Hall–Kier alpha value is -1.43. The van der Waals surface area contributed by atoms with Crippen LogP contribution in [0.5, 0.6) is 5.75 Å². The van der Waals surface area contributed by atoms with Crippen molar-refractivity contribution < 1.29 is 14.5 Å². The number of ether oxygens (including phenoxy) is 1. The van der Waals surface area contributed by atoms with Gasteiger partial charge in [0, 0.05) is 17.0 Å². The molecular weight excluding hydrogens is 302 g/mol. The van der Waals surface area contributed by atoms with E-state index in [4.69, 9.17) is 4.74 Å². The zero-order chi connectivity index (χ0) is 13.5. The summed E-state index contributed by atoms with van der Waals surface area (Å²) < 4.78 is 6.23. The SMILES string of the molecule is CC1(C)C(=O)CC1Oc1cc(Br)cc([N+](=O)[O-])c1. The van der Waals surface area contributed by atoms with Gasteiger partial charge in [0.05, 0.1) is 16.4 Å². The molecule has 1 aromatic rings. The number of nitrogens with zero attached hydrogens (tertiary/aromatic N) is 1. The number of carbonyl (C=O) groups is 1. The number of hydrogen-bond acceptors (Lipinski definition) is 4. The van der Waals surface area contributed by atoms with Gasteiger partial charge in [0.2, 0.25) is 0 Å². The largest absolute Gasteiger partial charge is 0.489 e. The van der Waals surface area contributed by atoms with Crippen LogP contribution in [-0.4, -0.2) is 16.8 Å². The highest BCUT2D eigenvalue weighted by Crippen LogP contribution is 2.40. The third-order valence-electron chi connectivity index (χ3n) is 3.24. The monoisotopic (exact) mass is 313 g/mol. The zero-order valence-electron chi connectivity index (χ0n) is 9.97. The molecule has 1 fully saturated rings. The lowest BCUT2D eigenvalue weighted by Gasteiger charge is -2.41. The van der Waals surface area contributed by atoms with E-state index >= 15 is 0 Å². The number of non-ortho nitro benzene ring substituents is 1. The van der Waals surface area contributed by atoms with Crippen molar-refractivity contribution in [2.24, 2.45) is 5.41 Å². The third-order valence-corrected chi connectivity index (χ3v) is 3.70. The number of carbonyl (C=O) groups excluding carboxylic acids is 1. The molecule has 0 saturated heterocycles. The molecule has 1 unspecified atom stereocenters. The summed E-state index contributed by atoms with van der Waals surface area (Å²) in [6, 6.07) is 4.43. The summed E-state index contributed by atoms with van der Waals surface area (Å²) in [5, 5.41) is 10.7. The minimum atomic E-state index is -0.517. The molecule has 1 atom stereocenters. The van der Waals surface area contributed by atoms with E-state index in [0.717, 1.165) is 0 Å². The van der Waals surface area contributed by atoms with E-state index in [0.29, 0.717) is 16.6 Å². The lowest BCUT2D eigenvalue weighted by atomic mass is 9.68. The maximum atomic E-state index is 11.4. The average molecular weight is 314 g/mol. The van der Waals surface area contributed by atoms with Crippen LogP contribution in [0.25, 0.3) is 0 Å². The van der Waals surface area contributed by atoms with Gasteiger partial charge in [0.15, 0.2) is 0 Å². The summed E-state index contributed by atoms with van der Waals surface area (Å²) in [6.45, 7) is 3.63. The first kappa shape index (κ1) is 13.0. The Labute approximate surface area is 112 Å². The summed E-state index contributed by atoms with van der Waals surface area (Å²) in [5.41, 5.74) is -0.556. The number of ketones is 1. The predicted octanol–water partition coefficient (Wildman–Crippen LogP) is 3.10. The standard InChI is InChI=1S/C12H12BrNO4/c1-12(2)10(15)6-11(12)18-9-4-7(13)3-8(5-9)14(16)17/h3-5,11H,6H2,1-2H3. The Bertz CT molecular complexity index is 527. The maximum Gasteiger partial charge on any atom is 0.274 e. The Morgan fingerprint density at radius 2 is 2.11 bits per heavy atom. The highest BCUT2D eigenvalue weighted by Gasteiger charge is 2.49. The van der Waals surface area contributed by atoms with Crippen LogP contribution in [-0.2, 0) is 4.79 Å². The molecule has 18 heavy (non-hydrogen) atoms. The minimum absolute atomic E-state index is 0.0390. The molecule has 0 amide bonds. The van der Waals surface area contributed by atoms with E-state index in [-0.39, 0.29) is 17.6 Å². The van der Waals surface area contributed by atoms with Gasteiger partial charge in [0.1, 0.15) is 17.6 Å². The lowest BCUT2D eigenvalue weighted by molar-refractivity contribution is -0.385. The van der Waals surface area contributed by atoms with E-state index in [1.807, 2.05) is 13.8 Å². The molecule has 1 aliphatic carbocycles. The van der Waals surface area contributed by atoms with Crippen molar-refractivity contribution in [3.63, 3.8) is 0 Å². The van der Waals surface area contributed by atoms with Crippen molar-refractivity contribution in [3.05, 3.63) is 32.8 Å². The molecule has 5 nitrogen and oxygen atoms in total. The van der Waals surface area contributed by atoms with Crippen LogP contribution in [0.4, 0.5) is 5.69 Å². The second-order valence-corrected chi connectivity index (χ2v) is 5.77. The normalized spacial score (nSPS) is 21.3. The molecule has 0 bridgehead atoms. The van der Waals surface area contributed by atoms with Crippen molar-refractivity contribution in [3.8, 4) is 5.75 Å². The third kappa shape index (κ3) is 2.25. The summed E-state index contributed by atoms with van der Waals surface area (Å²) in [7, 11) is 0. The molecule has 0 radical (unpaired) electrons. The number of Topliss-reactive ketones (excluding diaryl/α,β-unsaturated/α-hetero) is 1. The molecule has 0 heterocycles. The summed E-state index contributed by atoms with van der Waals surface area (Å²) in [5.74, 6) is 0.554. The number of rotatable bonds is 3. The fourth-order valence-corrected chi connectivity index (χ4v) is 2.27. The Kier molecular flexibility index (Phi) is 3.14. The van der Waals surface area contributed by atoms with Crippen molar-refractivity contribution in [1.29, 1.82) is 0 Å². The van der Waals surface area contributed by atoms with Crippen LogP contribution >= 0.6 is 15.9 Å². The van der Waals surface area contributed by atoms with Gasteiger partial charge in [0.25, 0.3) is 5.69 Å². The molecule has 1 aromatic carbocycles. The topological polar surface area (TPSA) is 69.4 Å². The summed E-state index contributed by atoms with van der Waals surface area (Å²) >= 11 is 3.20. The molecule has 2 rings (SSSR count). The number of halogens is 1. The molecule has 1 saturated carbocycles. The van der Waals surface area contributed by atoms with Crippen molar-refractivity contribution >= 4 is 27.4 Å². The van der Waals surface area contributed by atoms with E-state index in [2.05, 4.69) is 15.9 Å². The minimum Gasteiger partial charge on any atom is -0.489 e. The molecule has 1 aliphatic rings. The van der Waals surface area contributed by atoms with E-state index in [9.17, 15) is 14.9 Å². The van der Waals surface area contributed by atoms with Gasteiger partial charge in [-0.2, -0.15) is 0 Å². The van der Waals surface area contributed by atoms with Crippen molar-refractivity contribution in [1.82, 2.24) is 0 Å². The van der Waals surface area contributed by atoms with Gasteiger partial charge in [-0.3, -0.25) is 14.9 Å². The summed E-state index contributed by atoms with van der Waals surface area (Å²) in [6.07, 6.45) is 0.131. The smallest absolute Gasteiger partial charge is 0.274 e. The molecule has 0 spiro atoms. The number of hydrogen-bond donors (Lipinski definition) is 0. The first-order valence-electron chi connectivity index (χ1n) is 5.45. The van der Waals surface area contributed by atoms with Crippen LogP contribution in [0.1, 0.15) is 20.3 Å². The molecule has 0 aromatic heterocycles. The zero-order valence-corrected chi connectivity index (χ0v) is 11.6.